The number of alkyl halides is 3. The van der Waals surface area contributed by atoms with Gasteiger partial charge in [-0.1, -0.05) is 24.3 Å². The van der Waals surface area contributed by atoms with Crippen LogP contribution >= 0.6 is 0 Å². The molecule has 28 heavy (non-hydrogen) atoms. The molecule has 6 nitrogen and oxygen atoms in total. The van der Waals surface area contributed by atoms with Crippen molar-refractivity contribution >= 4 is 29.1 Å². The van der Waals surface area contributed by atoms with Crippen LogP contribution in [0.4, 0.5) is 36.3 Å². The van der Waals surface area contributed by atoms with Crippen LogP contribution in [0, 0.1) is 0 Å². The monoisotopic (exact) mass is 388 g/mol. The van der Waals surface area contributed by atoms with E-state index in [-0.39, 0.29) is 23.0 Å². The molecule has 3 rings (SSSR count). The molecule has 0 atom stereocenters. The van der Waals surface area contributed by atoms with E-state index in [9.17, 15) is 18.0 Å². The number of nitrogens with one attached hydrogen (secondary N) is 2. The van der Waals surface area contributed by atoms with Gasteiger partial charge in [-0.25, -0.2) is 9.78 Å². The Morgan fingerprint density at radius 2 is 1.64 bits per heavy atom. The first kappa shape index (κ1) is 19.2. The highest BCUT2D eigenvalue weighted by atomic mass is 19.4. The van der Waals surface area contributed by atoms with E-state index < -0.39 is 17.7 Å². The summed E-state index contributed by atoms with van der Waals surface area (Å²) in [6, 6.07) is 13.1. The van der Waals surface area contributed by atoms with Crippen molar-refractivity contribution in [2.24, 2.45) is 0 Å². The molecule has 0 fully saturated rings. The minimum atomic E-state index is -4.50. The van der Waals surface area contributed by atoms with Crippen LogP contribution in [-0.2, 0) is 10.9 Å². The Morgan fingerprint density at radius 1 is 0.964 bits per heavy atom. The van der Waals surface area contributed by atoms with Gasteiger partial charge < -0.3 is 15.4 Å². The predicted octanol–water partition coefficient (Wildman–Crippen LogP) is 4.77. The number of nitrogens with zero attached hydrogens (tertiary/aromatic N) is 2. The average Bonchev–Trinajstić information content (AvgIpc) is 2.68. The molecule has 0 spiro atoms. The van der Waals surface area contributed by atoms with Crippen LogP contribution < -0.4 is 10.6 Å². The van der Waals surface area contributed by atoms with Crippen molar-refractivity contribution in [2.45, 2.75) is 6.18 Å². The molecule has 1 aromatic heterocycles. The number of aromatic nitrogens is 2. The summed E-state index contributed by atoms with van der Waals surface area (Å²) in [7, 11) is 1.26. The summed E-state index contributed by atoms with van der Waals surface area (Å²) in [6.07, 6.45) is -3.12. The SMILES string of the molecule is COC(=O)c1ccccc1Nc1nccc(Nc2ccccc2C(F)(F)F)n1. The van der Waals surface area contributed by atoms with Gasteiger partial charge in [0.05, 0.1) is 29.6 Å². The smallest absolute Gasteiger partial charge is 0.418 e. The largest absolute Gasteiger partial charge is 0.465 e. The van der Waals surface area contributed by atoms with Gasteiger partial charge >= 0.3 is 12.1 Å². The van der Waals surface area contributed by atoms with Crippen molar-refractivity contribution in [2.75, 3.05) is 17.7 Å². The van der Waals surface area contributed by atoms with E-state index in [1.165, 1.54) is 37.6 Å². The number of benzene rings is 2. The van der Waals surface area contributed by atoms with Crippen LogP contribution in [0.1, 0.15) is 15.9 Å². The highest BCUT2D eigenvalue weighted by molar-refractivity contribution is 5.96. The van der Waals surface area contributed by atoms with E-state index >= 15 is 0 Å². The average molecular weight is 388 g/mol. The summed E-state index contributed by atoms with van der Waals surface area (Å²) in [6.45, 7) is 0. The lowest BCUT2D eigenvalue weighted by atomic mass is 10.1. The highest BCUT2D eigenvalue weighted by Crippen LogP contribution is 2.35. The quantitative estimate of drug-likeness (QED) is 0.614. The van der Waals surface area contributed by atoms with E-state index in [0.29, 0.717) is 5.69 Å². The Kier molecular flexibility index (Phi) is 5.44. The van der Waals surface area contributed by atoms with Crippen LogP contribution in [0.15, 0.2) is 60.8 Å². The molecular weight excluding hydrogens is 373 g/mol. The molecule has 0 radical (unpaired) electrons. The zero-order valence-corrected chi connectivity index (χ0v) is 14.6. The van der Waals surface area contributed by atoms with Crippen LogP contribution in [0.5, 0.6) is 0 Å². The fourth-order valence-corrected chi connectivity index (χ4v) is 2.47. The molecule has 2 aromatic carbocycles. The molecule has 0 saturated heterocycles. The molecule has 1 heterocycles. The first-order chi connectivity index (χ1) is 13.4. The fraction of sp³-hybridized carbons (Fsp3) is 0.105. The summed E-state index contributed by atoms with van der Waals surface area (Å²) in [5, 5.41) is 5.52. The number of hydrogen-bond donors (Lipinski definition) is 2. The van der Waals surface area contributed by atoms with Gasteiger partial charge in [-0.15, -0.1) is 0 Å². The third-order valence-electron chi connectivity index (χ3n) is 3.73. The maximum atomic E-state index is 13.1. The molecule has 0 amide bonds. The van der Waals surface area contributed by atoms with Gasteiger partial charge in [0, 0.05) is 6.20 Å². The minimum Gasteiger partial charge on any atom is -0.465 e. The number of methoxy groups -OCH3 is 1. The fourth-order valence-electron chi connectivity index (χ4n) is 2.47. The van der Waals surface area contributed by atoms with Gasteiger partial charge in [0.25, 0.3) is 0 Å². The van der Waals surface area contributed by atoms with Crippen molar-refractivity contribution in [3.8, 4) is 0 Å². The number of anilines is 4. The Morgan fingerprint density at radius 3 is 2.36 bits per heavy atom. The van der Waals surface area contributed by atoms with Crippen molar-refractivity contribution < 1.29 is 22.7 Å². The number of ether oxygens (including phenoxy) is 1. The van der Waals surface area contributed by atoms with Gasteiger partial charge in [0.1, 0.15) is 5.82 Å². The summed E-state index contributed by atoms with van der Waals surface area (Å²) in [5.41, 5.74) is -0.259. The van der Waals surface area contributed by atoms with Gasteiger partial charge in [-0.2, -0.15) is 18.2 Å². The topological polar surface area (TPSA) is 76.1 Å². The zero-order chi connectivity index (χ0) is 20.1. The van der Waals surface area contributed by atoms with Gasteiger partial charge in [0.15, 0.2) is 0 Å². The van der Waals surface area contributed by atoms with Gasteiger partial charge in [-0.05, 0) is 30.3 Å². The molecule has 0 aliphatic heterocycles. The minimum absolute atomic E-state index is 0.103. The van der Waals surface area contributed by atoms with Crippen molar-refractivity contribution in [3.63, 3.8) is 0 Å². The lowest BCUT2D eigenvalue weighted by Crippen LogP contribution is -2.10. The Balaban J connectivity index is 1.86. The third-order valence-corrected chi connectivity index (χ3v) is 3.73. The number of esters is 1. The third kappa shape index (κ3) is 4.37. The van der Waals surface area contributed by atoms with E-state index in [4.69, 9.17) is 4.74 Å². The number of hydrogen-bond acceptors (Lipinski definition) is 6. The summed E-state index contributed by atoms with van der Waals surface area (Å²) >= 11 is 0. The highest BCUT2D eigenvalue weighted by Gasteiger charge is 2.33. The summed E-state index contributed by atoms with van der Waals surface area (Å²) in [5.74, 6) is -0.285. The van der Waals surface area contributed by atoms with Crippen LogP contribution in [0.25, 0.3) is 0 Å². The maximum absolute atomic E-state index is 13.1. The summed E-state index contributed by atoms with van der Waals surface area (Å²) < 4.78 is 44.2. The molecule has 144 valence electrons. The van der Waals surface area contributed by atoms with Gasteiger partial charge in [0.2, 0.25) is 5.95 Å². The Bertz CT molecular complexity index is 993. The van der Waals surface area contributed by atoms with Crippen LogP contribution in [-0.4, -0.2) is 23.0 Å². The summed E-state index contributed by atoms with van der Waals surface area (Å²) in [4.78, 5) is 20.0. The number of rotatable bonds is 5. The number of para-hydroxylation sites is 2. The van der Waals surface area contributed by atoms with E-state index in [1.54, 1.807) is 24.3 Å². The zero-order valence-electron chi connectivity index (χ0n) is 14.6. The van der Waals surface area contributed by atoms with E-state index in [1.807, 2.05) is 0 Å². The second kappa shape index (κ2) is 7.95. The van der Waals surface area contributed by atoms with Crippen LogP contribution in [0.2, 0.25) is 0 Å². The molecule has 0 aliphatic rings. The molecule has 9 heteroatoms. The Hall–Kier alpha value is -3.62. The van der Waals surface area contributed by atoms with Crippen molar-refractivity contribution in [3.05, 3.63) is 71.9 Å². The molecule has 0 saturated carbocycles. The van der Waals surface area contributed by atoms with Crippen LogP contribution in [0.3, 0.4) is 0 Å². The number of carbonyl (C=O) groups is 1. The number of halogens is 3. The van der Waals surface area contributed by atoms with Gasteiger partial charge in [-0.3, -0.25) is 0 Å². The normalized spacial score (nSPS) is 11.0. The molecule has 0 bridgehead atoms. The Labute approximate surface area is 158 Å². The molecule has 3 aromatic rings. The lowest BCUT2D eigenvalue weighted by molar-refractivity contribution is -0.136. The first-order valence-corrected chi connectivity index (χ1v) is 8.09. The van der Waals surface area contributed by atoms with Crippen molar-refractivity contribution in [1.82, 2.24) is 9.97 Å². The standard InChI is InChI=1S/C19H15F3N4O2/c1-28-17(27)12-6-2-4-8-14(12)25-18-23-11-10-16(26-18)24-15-9-5-3-7-13(15)19(20,21)22/h2-11H,1H3,(H2,23,24,25,26). The number of carbonyl (C=O) groups excluding carboxylic acids is 1. The van der Waals surface area contributed by atoms with E-state index in [2.05, 4.69) is 20.6 Å². The second-order valence-electron chi connectivity index (χ2n) is 5.60. The second-order valence-corrected chi connectivity index (χ2v) is 5.60. The molecule has 0 aliphatic carbocycles. The van der Waals surface area contributed by atoms with E-state index in [0.717, 1.165) is 6.07 Å². The first-order valence-electron chi connectivity index (χ1n) is 8.09. The molecule has 0 unspecified atom stereocenters. The predicted molar refractivity (Wildman–Crippen MR) is 97.8 cm³/mol. The lowest BCUT2D eigenvalue weighted by Gasteiger charge is -2.14. The van der Waals surface area contributed by atoms with Crippen molar-refractivity contribution in [1.29, 1.82) is 0 Å². The molecule has 2 N–H and O–H groups in total. The molecular formula is C19H15F3N4O2. The maximum Gasteiger partial charge on any atom is 0.418 e.